The third-order valence-corrected chi connectivity index (χ3v) is 2.99. The summed E-state index contributed by atoms with van der Waals surface area (Å²) in [5.74, 6) is 0.492. The number of hydrogen-bond acceptors (Lipinski definition) is 3. The molecule has 1 aliphatic heterocycles. The van der Waals surface area contributed by atoms with Crippen molar-refractivity contribution in [3.63, 3.8) is 0 Å². The van der Waals surface area contributed by atoms with E-state index in [9.17, 15) is 4.79 Å². The Morgan fingerprint density at radius 1 is 1.44 bits per heavy atom. The lowest BCUT2D eigenvalue weighted by atomic mass is 10.1. The molecule has 1 aromatic carbocycles. The van der Waals surface area contributed by atoms with Crippen LogP contribution in [0, 0.1) is 0 Å². The molecule has 0 bridgehead atoms. The summed E-state index contributed by atoms with van der Waals surface area (Å²) in [6.45, 7) is 1.43. The molecule has 1 amide bonds. The molecule has 0 saturated carbocycles. The molecular formula is C13H16ClNO3. The summed E-state index contributed by atoms with van der Waals surface area (Å²) in [7, 11) is 0. The SMILES string of the molecule is O=C(COc1cccc(Cl)c1)NC1CCOCC1. The fraction of sp³-hybridized carbons (Fsp3) is 0.462. The van der Waals surface area contributed by atoms with Crippen LogP contribution >= 0.6 is 11.6 Å². The average Bonchev–Trinajstić information content (AvgIpc) is 2.38. The molecule has 0 radical (unpaired) electrons. The highest BCUT2D eigenvalue weighted by Gasteiger charge is 2.16. The molecule has 1 aliphatic rings. The lowest BCUT2D eigenvalue weighted by molar-refractivity contribution is -0.124. The Hall–Kier alpha value is -1.26. The van der Waals surface area contributed by atoms with Crippen molar-refractivity contribution in [2.75, 3.05) is 19.8 Å². The lowest BCUT2D eigenvalue weighted by Crippen LogP contribution is -2.41. The number of ether oxygens (including phenoxy) is 2. The molecule has 1 fully saturated rings. The monoisotopic (exact) mass is 269 g/mol. The third kappa shape index (κ3) is 4.20. The maximum absolute atomic E-state index is 11.7. The van der Waals surface area contributed by atoms with Gasteiger partial charge in [0.2, 0.25) is 0 Å². The number of benzene rings is 1. The van der Waals surface area contributed by atoms with Crippen LogP contribution in [0.1, 0.15) is 12.8 Å². The molecule has 1 N–H and O–H groups in total. The van der Waals surface area contributed by atoms with E-state index in [4.69, 9.17) is 21.1 Å². The Bertz CT molecular complexity index is 405. The fourth-order valence-corrected chi connectivity index (χ4v) is 2.00. The number of amides is 1. The van der Waals surface area contributed by atoms with Crippen LogP contribution in [0.3, 0.4) is 0 Å². The zero-order valence-corrected chi connectivity index (χ0v) is 10.8. The van der Waals surface area contributed by atoms with E-state index in [1.807, 2.05) is 0 Å². The van der Waals surface area contributed by atoms with Gasteiger partial charge in [0.15, 0.2) is 6.61 Å². The third-order valence-electron chi connectivity index (χ3n) is 2.75. The molecular weight excluding hydrogens is 254 g/mol. The normalized spacial score (nSPS) is 16.3. The van der Waals surface area contributed by atoms with Gasteiger partial charge >= 0.3 is 0 Å². The Morgan fingerprint density at radius 2 is 2.22 bits per heavy atom. The smallest absolute Gasteiger partial charge is 0.258 e. The van der Waals surface area contributed by atoms with E-state index in [2.05, 4.69) is 5.32 Å². The molecule has 1 heterocycles. The van der Waals surface area contributed by atoms with Crippen molar-refractivity contribution in [3.05, 3.63) is 29.3 Å². The first-order valence-electron chi connectivity index (χ1n) is 5.99. The predicted molar refractivity (Wildman–Crippen MR) is 68.9 cm³/mol. The van der Waals surface area contributed by atoms with E-state index >= 15 is 0 Å². The molecule has 4 nitrogen and oxygen atoms in total. The standard InChI is InChI=1S/C13H16ClNO3/c14-10-2-1-3-12(8-10)18-9-13(16)15-11-4-6-17-7-5-11/h1-3,8,11H,4-7,9H2,(H,15,16). The highest BCUT2D eigenvalue weighted by Crippen LogP contribution is 2.16. The Balaban J connectivity index is 1.74. The van der Waals surface area contributed by atoms with Gasteiger partial charge in [0, 0.05) is 24.3 Å². The number of carbonyl (C=O) groups is 1. The summed E-state index contributed by atoms with van der Waals surface area (Å²) in [4.78, 5) is 11.7. The maximum atomic E-state index is 11.7. The van der Waals surface area contributed by atoms with Crippen molar-refractivity contribution in [1.82, 2.24) is 5.32 Å². The minimum absolute atomic E-state index is 0.0116. The van der Waals surface area contributed by atoms with Gasteiger partial charge in [-0.2, -0.15) is 0 Å². The van der Waals surface area contributed by atoms with Gasteiger partial charge in [-0.25, -0.2) is 0 Å². The van der Waals surface area contributed by atoms with Crippen molar-refractivity contribution >= 4 is 17.5 Å². The van der Waals surface area contributed by atoms with Crippen LogP contribution in [-0.2, 0) is 9.53 Å². The Kier molecular flexibility index (Phi) is 4.84. The highest BCUT2D eigenvalue weighted by molar-refractivity contribution is 6.30. The summed E-state index contributed by atoms with van der Waals surface area (Å²) in [5.41, 5.74) is 0. The van der Waals surface area contributed by atoms with Gasteiger partial charge in [0.05, 0.1) is 0 Å². The van der Waals surface area contributed by atoms with Crippen molar-refractivity contribution in [2.24, 2.45) is 0 Å². The van der Waals surface area contributed by atoms with Gasteiger partial charge < -0.3 is 14.8 Å². The van der Waals surface area contributed by atoms with E-state index in [0.717, 1.165) is 12.8 Å². The van der Waals surface area contributed by atoms with E-state index in [1.54, 1.807) is 24.3 Å². The molecule has 0 aromatic heterocycles. The van der Waals surface area contributed by atoms with Gasteiger partial charge in [-0.05, 0) is 31.0 Å². The van der Waals surface area contributed by atoms with Crippen LogP contribution in [0.15, 0.2) is 24.3 Å². The van der Waals surface area contributed by atoms with E-state index in [0.29, 0.717) is 24.0 Å². The number of rotatable bonds is 4. The molecule has 0 spiro atoms. The van der Waals surface area contributed by atoms with Gasteiger partial charge in [-0.15, -0.1) is 0 Å². The number of hydrogen-bond donors (Lipinski definition) is 1. The van der Waals surface area contributed by atoms with Crippen LogP contribution in [0.4, 0.5) is 0 Å². The predicted octanol–water partition coefficient (Wildman–Crippen LogP) is 2.01. The average molecular weight is 270 g/mol. The molecule has 18 heavy (non-hydrogen) atoms. The first-order valence-corrected chi connectivity index (χ1v) is 6.37. The van der Waals surface area contributed by atoms with E-state index in [1.165, 1.54) is 0 Å². The van der Waals surface area contributed by atoms with Crippen LogP contribution in [0.25, 0.3) is 0 Å². The van der Waals surface area contributed by atoms with Crippen molar-refractivity contribution < 1.29 is 14.3 Å². The molecule has 0 atom stereocenters. The van der Waals surface area contributed by atoms with Crippen LogP contribution in [0.5, 0.6) is 5.75 Å². The topological polar surface area (TPSA) is 47.6 Å². The summed E-state index contributed by atoms with van der Waals surface area (Å²) >= 11 is 5.82. The van der Waals surface area contributed by atoms with E-state index < -0.39 is 0 Å². The van der Waals surface area contributed by atoms with Crippen LogP contribution in [0.2, 0.25) is 5.02 Å². The van der Waals surface area contributed by atoms with Crippen molar-refractivity contribution in [3.8, 4) is 5.75 Å². The van der Waals surface area contributed by atoms with Crippen LogP contribution in [-0.4, -0.2) is 31.8 Å². The molecule has 0 unspecified atom stereocenters. The Labute approximate surface area is 111 Å². The van der Waals surface area contributed by atoms with Gasteiger partial charge in [-0.1, -0.05) is 17.7 Å². The number of nitrogens with one attached hydrogen (secondary N) is 1. The summed E-state index contributed by atoms with van der Waals surface area (Å²) in [6, 6.07) is 7.20. The second kappa shape index (κ2) is 6.61. The molecule has 1 aromatic rings. The van der Waals surface area contributed by atoms with Gasteiger partial charge in [-0.3, -0.25) is 4.79 Å². The second-order valence-electron chi connectivity index (χ2n) is 4.20. The second-order valence-corrected chi connectivity index (χ2v) is 4.64. The van der Waals surface area contributed by atoms with Crippen LogP contribution < -0.4 is 10.1 Å². The molecule has 1 saturated heterocycles. The lowest BCUT2D eigenvalue weighted by Gasteiger charge is -2.23. The zero-order chi connectivity index (χ0) is 12.8. The molecule has 2 rings (SSSR count). The maximum Gasteiger partial charge on any atom is 0.258 e. The first-order chi connectivity index (χ1) is 8.74. The minimum atomic E-state index is -0.109. The van der Waals surface area contributed by atoms with E-state index in [-0.39, 0.29) is 18.6 Å². The molecule has 5 heteroatoms. The largest absolute Gasteiger partial charge is 0.484 e. The summed E-state index contributed by atoms with van der Waals surface area (Å²) in [6.07, 6.45) is 1.73. The van der Waals surface area contributed by atoms with Gasteiger partial charge in [0.25, 0.3) is 5.91 Å². The highest BCUT2D eigenvalue weighted by atomic mass is 35.5. The zero-order valence-electron chi connectivity index (χ0n) is 10.0. The number of carbonyl (C=O) groups excluding carboxylic acids is 1. The number of halogens is 1. The minimum Gasteiger partial charge on any atom is -0.484 e. The first kappa shape index (κ1) is 13.2. The van der Waals surface area contributed by atoms with Crippen molar-refractivity contribution in [2.45, 2.75) is 18.9 Å². The molecule has 0 aliphatic carbocycles. The summed E-state index contributed by atoms with van der Waals surface area (Å²) < 4.78 is 10.6. The molecule has 98 valence electrons. The summed E-state index contributed by atoms with van der Waals surface area (Å²) in [5, 5.41) is 3.52. The fourth-order valence-electron chi connectivity index (χ4n) is 1.82. The Morgan fingerprint density at radius 3 is 2.94 bits per heavy atom. The van der Waals surface area contributed by atoms with Gasteiger partial charge in [0.1, 0.15) is 5.75 Å². The van der Waals surface area contributed by atoms with Crippen molar-refractivity contribution in [1.29, 1.82) is 0 Å². The quantitative estimate of drug-likeness (QED) is 0.910.